The second kappa shape index (κ2) is 7.22. The van der Waals surface area contributed by atoms with Crippen LogP contribution in [-0.4, -0.2) is 25.1 Å². The minimum Gasteiger partial charge on any atom is -0.495 e. The average Bonchev–Trinajstić information content (AvgIpc) is 2.61. The second-order valence-electron chi connectivity index (χ2n) is 5.96. The predicted octanol–water partition coefficient (Wildman–Crippen LogP) is 4.77. The van der Waals surface area contributed by atoms with Gasteiger partial charge in [0.2, 0.25) is 0 Å². The van der Waals surface area contributed by atoms with Crippen molar-refractivity contribution in [3.63, 3.8) is 0 Å². The smallest absolute Gasteiger partial charge is 0.257 e. The van der Waals surface area contributed by atoms with Gasteiger partial charge < -0.3 is 14.8 Å². The molecule has 5 nitrogen and oxygen atoms in total. The molecule has 0 spiro atoms. The number of methoxy groups -OCH3 is 2. The third-order valence-electron chi connectivity index (χ3n) is 4.13. The summed E-state index contributed by atoms with van der Waals surface area (Å²) in [6.07, 6.45) is 0. The van der Waals surface area contributed by atoms with E-state index in [4.69, 9.17) is 21.1 Å². The lowest BCUT2D eigenvalue weighted by molar-refractivity contribution is 0.102. The van der Waals surface area contributed by atoms with Crippen molar-refractivity contribution in [2.24, 2.45) is 0 Å². The van der Waals surface area contributed by atoms with E-state index in [1.165, 1.54) is 14.2 Å². The van der Waals surface area contributed by atoms with Crippen LogP contribution in [0, 0.1) is 13.8 Å². The van der Waals surface area contributed by atoms with E-state index in [0.717, 1.165) is 16.5 Å². The van der Waals surface area contributed by atoms with Gasteiger partial charge in [0.05, 0.1) is 41.7 Å². The molecule has 0 aliphatic heterocycles. The van der Waals surface area contributed by atoms with Crippen LogP contribution in [-0.2, 0) is 0 Å². The summed E-state index contributed by atoms with van der Waals surface area (Å²) in [5.74, 6) is 0.653. The van der Waals surface area contributed by atoms with Gasteiger partial charge in [-0.05, 0) is 38.1 Å². The lowest BCUT2D eigenvalue weighted by atomic mass is 10.1. The number of amides is 1. The zero-order valence-electron chi connectivity index (χ0n) is 15.0. The summed E-state index contributed by atoms with van der Waals surface area (Å²) in [6, 6.07) is 11.0. The largest absolute Gasteiger partial charge is 0.495 e. The highest BCUT2D eigenvalue weighted by atomic mass is 35.5. The van der Waals surface area contributed by atoms with Crippen molar-refractivity contribution in [3.05, 3.63) is 58.2 Å². The first-order valence-corrected chi connectivity index (χ1v) is 8.41. The number of hydrogen-bond donors (Lipinski definition) is 1. The number of ether oxygens (including phenoxy) is 2. The predicted molar refractivity (Wildman–Crippen MR) is 104 cm³/mol. The van der Waals surface area contributed by atoms with Crippen LogP contribution in [0.5, 0.6) is 11.5 Å². The molecule has 6 heteroatoms. The summed E-state index contributed by atoms with van der Waals surface area (Å²) in [5, 5.41) is 4.15. The van der Waals surface area contributed by atoms with E-state index in [1.807, 2.05) is 38.1 Å². The fourth-order valence-corrected chi connectivity index (χ4v) is 3.01. The molecule has 0 radical (unpaired) electrons. The fourth-order valence-electron chi connectivity index (χ4n) is 2.77. The second-order valence-corrected chi connectivity index (χ2v) is 6.37. The molecule has 0 bridgehead atoms. The van der Waals surface area contributed by atoms with Crippen molar-refractivity contribution in [3.8, 4) is 11.5 Å². The van der Waals surface area contributed by atoms with Crippen LogP contribution in [0.25, 0.3) is 10.9 Å². The van der Waals surface area contributed by atoms with Crippen LogP contribution in [0.4, 0.5) is 5.69 Å². The molecule has 1 amide bonds. The Morgan fingerprint density at radius 3 is 2.46 bits per heavy atom. The number of aryl methyl sites for hydroxylation is 2. The molecule has 3 aromatic rings. The topological polar surface area (TPSA) is 60.5 Å². The van der Waals surface area contributed by atoms with Gasteiger partial charge in [-0.2, -0.15) is 0 Å². The number of carbonyl (C=O) groups is 1. The van der Waals surface area contributed by atoms with E-state index in [1.54, 1.807) is 12.1 Å². The SMILES string of the molecule is COc1cc(OC)c(NC(=O)c2cc3cc(C)ccc3nc2C)cc1Cl. The Morgan fingerprint density at radius 1 is 1.04 bits per heavy atom. The molecule has 0 aliphatic rings. The number of nitrogens with zero attached hydrogens (tertiary/aromatic N) is 1. The fraction of sp³-hybridized carbons (Fsp3) is 0.200. The number of pyridine rings is 1. The minimum absolute atomic E-state index is 0.280. The molecule has 3 rings (SSSR count). The maximum absolute atomic E-state index is 12.8. The summed E-state index contributed by atoms with van der Waals surface area (Å²) < 4.78 is 10.5. The molecule has 1 aromatic heterocycles. The standard InChI is InChI=1S/C20H19ClN2O3/c1-11-5-6-16-13(7-11)8-14(12(2)22-16)20(24)23-17-9-15(21)18(25-3)10-19(17)26-4/h5-10H,1-4H3,(H,23,24). The summed E-state index contributed by atoms with van der Waals surface area (Å²) in [7, 11) is 3.04. The Labute approximate surface area is 156 Å². The maximum Gasteiger partial charge on any atom is 0.257 e. The Hall–Kier alpha value is -2.79. The number of halogens is 1. The van der Waals surface area contributed by atoms with Crippen LogP contribution in [0.3, 0.4) is 0 Å². The molecule has 2 aromatic carbocycles. The van der Waals surface area contributed by atoms with E-state index >= 15 is 0 Å². The van der Waals surface area contributed by atoms with E-state index in [-0.39, 0.29) is 5.91 Å². The number of fused-ring (bicyclic) bond motifs is 1. The Balaban J connectivity index is 1.99. The van der Waals surface area contributed by atoms with Gasteiger partial charge in [0.1, 0.15) is 11.5 Å². The van der Waals surface area contributed by atoms with Crippen LogP contribution in [0.2, 0.25) is 5.02 Å². The quantitative estimate of drug-likeness (QED) is 0.718. The van der Waals surface area contributed by atoms with E-state index in [2.05, 4.69) is 10.3 Å². The van der Waals surface area contributed by atoms with Crippen LogP contribution >= 0.6 is 11.6 Å². The van der Waals surface area contributed by atoms with Crippen molar-refractivity contribution in [1.82, 2.24) is 4.98 Å². The number of rotatable bonds is 4. The molecule has 0 fully saturated rings. The van der Waals surface area contributed by atoms with Gasteiger partial charge in [0.15, 0.2) is 0 Å². The van der Waals surface area contributed by atoms with Gasteiger partial charge in [-0.3, -0.25) is 9.78 Å². The molecule has 0 aliphatic carbocycles. The van der Waals surface area contributed by atoms with Gasteiger partial charge in [-0.25, -0.2) is 0 Å². The molecular weight excluding hydrogens is 352 g/mol. The first kappa shape index (κ1) is 18.0. The van der Waals surface area contributed by atoms with Crippen molar-refractivity contribution >= 4 is 34.1 Å². The number of anilines is 1. The third kappa shape index (κ3) is 3.44. The molecule has 0 unspecified atom stereocenters. The zero-order valence-corrected chi connectivity index (χ0v) is 15.8. The number of aromatic nitrogens is 1. The van der Waals surface area contributed by atoms with E-state index < -0.39 is 0 Å². The summed E-state index contributed by atoms with van der Waals surface area (Å²) in [4.78, 5) is 17.3. The van der Waals surface area contributed by atoms with Gasteiger partial charge in [0, 0.05) is 11.5 Å². The highest BCUT2D eigenvalue weighted by Crippen LogP contribution is 2.36. The number of nitrogens with one attached hydrogen (secondary N) is 1. The van der Waals surface area contributed by atoms with Gasteiger partial charge in [-0.15, -0.1) is 0 Å². The monoisotopic (exact) mass is 370 g/mol. The van der Waals surface area contributed by atoms with Crippen LogP contribution < -0.4 is 14.8 Å². The van der Waals surface area contributed by atoms with Crippen molar-refractivity contribution in [1.29, 1.82) is 0 Å². The normalized spacial score (nSPS) is 10.7. The molecular formula is C20H19ClN2O3. The lowest BCUT2D eigenvalue weighted by Gasteiger charge is -2.14. The van der Waals surface area contributed by atoms with Gasteiger partial charge >= 0.3 is 0 Å². The molecule has 0 saturated carbocycles. The number of benzene rings is 2. The molecule has 0 saturated heterocycles. The molecule has 1 heterocycles. The van der Waals surface area contributed by atoms with E-state index in [9.17, 15) is 4.79 Å². The van der Waals surface area contributed by atoms with Crippen molar-refractivity contribution in [2.45, 2.75) is 13.8 Å². The summed E-state index contributed by atoms with van der Waals surface area (Å²) >= 11 is 6.17. The number of hydrogen-bond acceptors (Lipinski definition) is 4. The molecule has 134 valence electrons. The first-order valence-electron chi connectivity index (χ1n) is 8.04. The Morgan fingerprint density at radius 2 is 1.77 bits per heavy atom. The summed E-state index contributed by atoms with van der Waals surface area (Å²) in [5.41, 5.74) is 3.58. The van der Waals surface area contributed by atoms with Crippen molar-refractivity contribution in [2.75, 3.05) is 19.5 Å². The highest BCUT2D eigenvalue weighted by Gasteiger charge is 2.16. The molecule has 0 atom stereocenters. The van der Waals surface area contributed by atoms with Crippen LogP contribution in [0.15, 0.2) is 36.4 Å². The molecule has 26 heavy (non-hydrogen) atoms. The maximum atomic E-state index is 12.8. The molecule has 1 N–H and O–H groups in total. The third-order valence-corrected chi connectivity index (χ3v) is 4.42. The minimum atomic E-state index is -0.280. The van der Waals surface area contributed by atoms with Gasteiger partial charge in [-0.1, -0.05) is 23.2 Å². The first-order chi connectivity index (χ1) is 12.4. The Kier molecular flexibility index (Phi) is 5.00. The zero-order chi connectivity index (χ0) is 18.8. The van der Waals surface area contributed by atoms with E-state index in [0.29, 0.717) is 33.5 Å². The highest BCUT2D eigenvalue weighted by molar-refractivity contribution is 6.32. The summed E-state index contributed by atoms with van der Waals surface area (Å²) in [6.45, 7) is 3.82. The van der Waals surface area contributed by atoms with Crippen molar-refractivity contribution < 1.29 is 14.3 Å². The van der Waals surface area contributed by atoms with Gasteiger partial charge in [0.25, 0.3) is 5.91 Å². The lowest BCUT2D eigenvalue weighted by Crippen LogP contribution is -2.15. The van der Waals surface area contributed by atoms with Crippen LogP contribution in [0.1, 0.15) is 21.6 Å². The Bertz CT molecular complexity index is 1000. The average molecular weight is 371 g/mol. The number of carbonyl (C=O) groups excluding carboxylic acids is 1.